The number of imide groups is 1. The minimum atomic E-state index is -1.19. The van der Waals surface area contributed by atoms with Crippen LogP contribution in [-0.2, 0) is 4.79 Å². The van der Waals surface area contributed by atoms with Gasteiger partial charge in [-0.05, 0) is 42.5 Å². The van der Waals surface area contributed by atoms with Crippen molar-refractivity contribution in [2.75, 3.05) is 19.7 Å². The van der Waals surface area contributed by atoms with E-state index in [0.717, 1.165) is 28.0 Å². The molecule has 1 heterocycles. The van der Waals surface area contributed by atoms with Crippen molar-refractivity contribution in [2.45, 2.75) is 6.92 Å². The van der Waals surface area contributed by atoms with E-state index >= 15 is 0 Å². The molecule has 1 aromatic carbocycles. The van der Waals surface area contributed by atoms with E-state index in [9.17, 15) is 14.4 Å². The lowest BCUT2D eigenvalue weighted by Gasteiger charge is -2.11. The molecule has 7 nitrogen and oxygen atoms in total. The standard InChI is InChI=1S/C15H16N2O5S/c1-2-22-11-5-3-10(4-6-11)9-12-13(18)17(15(21)23-12)8-7-16-14(19)20/h3-6,9,16H,2,7-8H2,1H3,(H,19,20). The van der Waals surface area contributed by atoms with Gasteiger partial charge in [0.2, 0.25) is 0 Å². The second-order valence-corrected chi connectivity index (χ2v) is 5.56. The SMILES string of the molecule is CCOc1ccc(C=C2SC(=O)N(CCNC(=O)O)C2=O)cc1. The lowest BCUT2D eigenvalue weighted by molar-refractivity contribution is -0.122. The smallest absolute Gasteiger partial charge is 0.404 e. The monoisotopic (exact) mass is 336 g/mol. The first-order chi connectivity index (χ1) is 11.0. The van der Waals surface area contributed by atoms with Crippen LogP contribution in [-0.4, -0.2) is 46.9 Å². The van der Waals surface area contributed by atoms with Crippen molar-refractivity contribution in [2.24, 2.45) is 0 Å². The number of carbonyl (C=O) groups excluding carboxylic acids is 2. The first-order valence-corrected chi connectivity index (χ1v) is 7.78. The maximum absolute atomic E-state index is 12.2. The Labute approximate surface area is 137 Å². The van der Waals surface area contributed by atoms with Crippen LogP contribution < -0.4 is 10.1 Å². The van der Waals surface area contributed by atoms with Crippen molar-refractivity contribution in [3.63, 3.8) is 0 Å². The van der Waals surface area contributed by atoms with Gasteiger partial charge in [-0.25, -0.2) is 4.79 Å². The highest BCUT2D eigenvalue weighted by atomic mass is 32.2. The highest BCUT2D eigenvalue weighted by Crippen LogP contribution is 2.32. The van der Waals surface area contributed by atoms with Gasteiger partial charge < -0.3 is 15.2 Å². The number of hydrogen-bond donors (Lipinski definition) is 2. The zero-order valence-electron chi connectivity index (χ0n) is 12.4. The first-order valence-electron chi connectivity index (χ1n) is 6.96. The molecule has 0 aromatic heterocycles. The number of rotatable bonds is 6. The van der Waals surface area contributed by atoms with Gasteiger partial charge in [0.15, 0.2) is 0 Å². The summed E-state index contributed by atoms with van der Waals surface area (Å²) in [7, 11) is 0. The average molecular weight is 336 g/mol. The minimum Gasteiger partial charge on any atom is -0.494 e. The largest absolute Gasteiger partial charge is 0.494 e. The van der Waals surface area contributed by atoms with Crippen molar-refractivity contribution in [1.29, 1.82) is 0 Å². The first kappa shape index (κ1) is 16.9. The van der Waals surface area contributed by atoms with Gasteiger partial charge in [-0.15, -0.1) is 0 Å². The third kappa shape index (κ3) is 4.49. The second-order valence-electron chi connectivity index (χ2n) is 4.57. The summed E-state index contributed by atoms with van der Waals surface area (Å²) in [5.74, 6) is 0.318. The molecule has 23 heavy (non-hydrogen) atoms. The molecule has 3 amide bonds. The summed E-state index contributed by atoms with van der Waals surface area (Å²) >= 11 is 0.842. The molecule has 2 N–H and O–H groups in total. The Morgan fingerprint density at radius 2 is 2.04 bits per heavy atom. The Morgan fingerprint density at radius 3 is 2.65 bits per heavy atom. The number of carbonyl (C=O) groups is 3. The molecule has 0 atom stereocenters. The molecule has 1 fully saturated rings. The van der Waals surface area contributed by atoms with Crippen molar-refractivity contribution >= 4 is 35.1 Å². The molecule has 0 spiro atoms. The average Bonchev–Trinajstić information content (AvgIpc) is 2.76. The topological polar surface area (TPSA) is 95.9 Å². The Kier molecular flexibility index (Phi) is 5.64. The number of nitrogens with zero attached hydrogens (tertiary/aromatic N) is 1. The summed E-state index contributed by atoms with van der Waals surface area (Å²) in [6.45, 7) is 2.48. The lowest BCUT2D eigenvalue weighted by Crippen LogP contribution is -2.36. The quantitative estimate of drug-likeness (QED) is 0.774. The predicted octanol–water partition coefficient (Wildman–Crippen LogP) is 2.39. The number of hydrogen-bond acceptors (Lipinski definition) is 5. The van der Waals surface area contributed by atoms with Gasteiger partial charge in [0, 0.05) is 13.1 Å². The molecule has 8 heteroatoms. The number of thioether (sulfide) groups is 1. The molecule has 122 valence electrons. The van der Waals surface area contributed by atoms with Gasteiger partial charge in [-0.2, -0.15) is 0 Å². The van der Waals surface area contributed by atoms with E-state index in [4.69, 9.17) is 9.84 Å². The fraction of sp³-hybridized carbons (Fsp3) is 0.267. The van der Waals surface area contributed by atoms with Gasteiger partial charge >= 0.3 is 6.09 Å². The lowest BCUT2D eigenvalue weighted by atomic mass is 10.2. The van der Waals surface area contributed by atoms with E-state index in [0.29, 0.717) is 11.5 Å². The molecule has 1 aromatic rings. The molecule has 0 unspecified atom stereocenters. The summed E-state index contributed by atoms with van der Waals surface area (Å²) < 4.78 is 5.34. The van der Waals surface area contributed by atoms with Crippen LogP contribution in [0.1, 0.15) is 12.5 Å². The number of carboxylic acid groups (broad SMARTS) is 1. The van der Waals surface area contributed by atoms with Crippen LogP contribution in [0.3, 0.4) is 0 Å². The number of nitrogens with one attached hydrogen (secondary N) is 1. The van der Waals surface area contributed by atoms with E-state index < -0.39 is 17.2 Å². The van der Waals surface area contributed by atoms with Gasteiger partial charge in [-0.1, -0.05) is 12.1 Å². The van der Waals surface area contributed by atoms with Crippen LogP contribution in [0, 0.1) is 0 Å². The zero-order chi connectivity index (χ0) is 16.8. The Balaban J connectivity index is 2.04. The van der Waals surface area contributed by atoms with Crippen LogP contribution in [0.25, 0.3) is 6.08 Å². The van der Waals surface area contributed by atoms with E-state index in [1.54, 1.807) is 30.3 Å². The minimum absolute atomic E-state index is 0.00368. The van der Waals surface area contributed by atoms with Crippen molar-refractivity contribution < 1.29 is 24.2 Å². The molecule has 0 radical (unpaired) electrons. The molecule has 1 aliphatic heterocycles. The summed E-state index contributed by atoms with van der Waals surface area (Å²) in [5, 5.41) is 10.2. The van der Waals surface area contributed by atoms with Gasteiger partial charge in [0.05, 0.1) is 11.5 Å². The van der Waals surface area contributed by atoms with E-state index in [2.05, 4.69) is 5.32 Å². The molecular weight excluding hydrogens is 320 g/mol. The van der Waals surface area contributed by atoms with E-state index in [-0.39, 0.29) is 13.1 Å². The third-order valence-electron chi connectivity index (χ3n) is 2.97. The van der Waals surface area contributed by atoms with Crippen LogP contribution in [0.2, 0.25) is 0 Å². The number of benzene rings is 1. The second kappa shape index (κ2) is 7.68. The van der Waals surface area contributed by atoms with Crippen LogP contribution in [0.15, 0.2) is 29.2 Å². The number of ether oxygens (including phenoxy) is 1. The van der Waals surface area contributed by atoms with Crippen molar-refractivity contribution in [3.8, 4) is 5.75 Å². The van der Waals surface area contributed by atoms with E-state index in [1.807, 2.05) is 6.92 Å². The highest BCUT2D eigenvalue weighted by Gasteiger charge is 2.34. The molecule has 1 saturated heterocycles. The number of amides is 3. The molecular formula is C15H16N2O5S. The maximum Gasteiger partial charge on any atom is 0.404 e. The van der Waals surface area contributed by atoms with Crippen molar-refractivity contribution in [3.05, 3.63) is 34.7 Å². The fourth-order valence-corrected chi connectivity index (χ4v) is 2.81. The summed E-state index contributed by atoms with van der Waals surface area (Å²) in [6.07, 6.45) is 0.438. The molecule has 1 aliphatic rings. The Hall–Kier alpha value is -2.48. The van der Waals surface area contributed by atoms with Gasteiger partial charge in [0.1, 0.15) is 5.75 Å². The van der Waals surface area contributed by atoms with Gasteiger partial charge in [-0.3, -0.25) is 14.5 Å². The Morgan fingerprint density at radius 1 is 1.35 bits per heavy atom. The van der Waals surface area contributed by atoms with Crippen LogP contribution in [0.4, 0.5) is 9.59 Å². The molecule has 2 rings (SSSR count). The maximum atomic E-state index is 12.2. The normalized spacial score (nSPS) is 16.0. The Bertz CT molecular complexity index is 642. The summed E-state index contributed by atoms with van der Waals surface area (Å²) in [4.78, 5) is 35.7. The van der Waals surface area contributed by atoms with Crippen LogP contribution >= 0.6 is 11.8 Å². The van der Waals surface area contributed by atoms with Crippen molar-refractivity contribution in [1.82, 2.24) is 10.2 Å². The summed E-state index contributed by atoms with van der Waals surface area (Å²) in [6, 6.07) is 7.17. The van der Waals surface area contributed by atoms with Crippen LogP contribution in [0.5, 0.6) is 5.75 Å². The molecule has 0 bridgehead atoms. The third-order valence-corrected chi connectivity index (χ3v) is 3.88. The zero-order valence-corrected chi connectivity index (χ0v) is 13.3. The van der Waals surface area contributed by atoms with E-state index in [1.165, 1.54) is 0 Å². The molecule has 0 aliphatic carbocycles. The highest BCUT2D eigenvalue weighted by molar-refractivity contribution is 8.18. The summed E-state index contributed by atoms with van der Waals surface area (Å²) in [5.41, 5.74) is 0.780. The van der Waals surface area contributed by atoms with Gasteiger partial charge in [0.25, 0.3) is 11.1 Å². The predicted molar refractivity (Wildman–Crippen MR) is 86.3 cm³/mol. The fourth-order valence-electron chi connectivity index (χ4n) is 1.95. The molecule has 0 saturated carbocycles.